The Labute approximate surface area is 110 Å². The summed E-state index contributed by atoms with van der Waals surface area (Å²) in [5.41, 5.74) is 2.41. The first-order valence-electron chi connectivity index (χ1n) is 5.84. The molecule has 5 heteroatoms. The zero-order valence-electron chi connectivity index (χ0n) is 9.69. The summed E-state index contributed by atoms with van der Waals surface area (Å²) in [5, 5.41) is 3.36. The van der Waals surface area contributed by atoms with Crippen LogP contribution in [-0.2, 0) is 6.54 Å². The zero-order chi connectivity index (χ0) is 12.5. The van der Waals surface area contributed by atoms with Gasteiger partial charge in [-0.3, -0.25) is 9.78 Å². The maximum absolute atomic E-state index is 11.9. The van der Waals surface area contributed by atoms with Gasteiger partial charge in [0.2, 0.25) is 0 Å². The summed E-state index contributed by atoms with van der Waals surface area (Å²) in [6, 6.07) is 3.78. The molecule has 0 atom stereocenters. The van der Waals surface area contributed by atoms with Crippen LogP contribution in [-0.4, -0.2) is 22.0 Å². The third kappa shape index (κ3) is 1.78. The van der Waals surface area contributed by atoms with Crippen LogP contribution in [0.2, 0.25) is 5.02 Å². The monoisotopic (exact) mass is 261 g/mol. The number of nitrogens with zero attached hydrogens (tertiary/aromatic N) is 2. The Morgan fingerprint density at radius 2 is 2.11 bits per heavy atom. The second kappa shape index (κ2) is 4.46. The standard InChI is InChI=1S/C13H12ClN3O/c14-11-10(9-2-5-15-6-3-9)8-17-7-1-4-16-13(18)12(11)17/h2-3,5-6,8H,1,4,7H2,(H,16,18). The molecule has 1 aliphatic heterocycles. The summed E-state index contributed by atoms with van der Waals surface area (Å²) in [6.07, 6.45) is 6.29. The normalized spacial score (nSPS) is 14.8. The third-order valence-electron chi connectivity index (χ3n) is 3.08. The molecule has 1 amide bonds. The summed E-state index contributed by atoms with van der Waals surface area (Å²) in [6.45, 7) is 1.50. The van der Waals surface area contributed by atoms with Crippen molar-refractivity contribution in [2.24, 2.45) is 0 Å². The van der Waals surface area contributed by atoms with Crippen molar-refractivity contribution in [1.82, 2.24) is 14.9 Å². The minimum absolute atomic E-state index is 0.0993. The van der Waals surface area contributed by atoms with Crippen LogP contribution in [0.15, 0.2) is 30.7 Å². The fourth-order valence-electron chi connectivity index (χ4n) is 2.20. The molecule has 0 fully saturated rings. The number of nitrogens with one attached hydrogen (secondary N) is 1. The van der Waals surface area contributed by atoms with Gasteiger partial charge in [0.1, 0.15) is 5.69 Å². The molecule has 0 spiro atoms. The van der Waals surface area contributed by atoms with Crippen LogP contribution in [0.5, 0.6) is 0 Å². The summed E-state index contributed by atoms with van der Waals surface area (Å²) in [4.78, 5) is 15.9. The van der Waals surface area contributed by atoms with Gasteiger partial charge in [0.15, 0.2) is 0 Å². The van der Waals surface area contributed by atoms with Crippen LogP contribution < -0.4 is 5.32 Å². The summed E-state index contributed by atoms with van der Waals surface area (Å²) in [5.74, 6) is -0.0993. The molecule has 0 radical (unpaired) electrons. The lowest BCUT2D eigenvalue weighted by Crippen LogP contribution is -2.23. The molecule has 1 N–H and O–H groups in total. The molecule has 3 rings (SSSR count). The van der Waals surface area contributed by atoms with E-state index >= 15 is 0 Å². The summed E-state index contributed by atoms with van der Waals surface area (Å²) < 4.78 is 1.93. The topological polar surface area (TPSA) is 46.9 Å². The van der Waals surface area contributed by atoms with E-state index in [2.05, 4.69) is 10.3 Å². The van der Waals surface area contributed by atoms with E-state index in [1.54, 1.807) is 12.4 Å². The van der Waals surface area contributed by atoms with E-state index in [9.17, 15) is 4.79 Å². The molecular weight excluding hydrogens is 250 g/mol. The van der Waals surface area contributed by atoms with Crippen LogP contribution in [0, 0.1) is 0 Å². The number of pyridine rings is 1. The van der Waals surface area contributed by atoms with Crippen LogP contribution in [0.4, 0.5) is 0 Å². The van der Waals surface area contributed by atoms with E-state index in [-0.39, 0.29) is 5.91 Å². The molecule has 92 valence electrons. The Kier molecular flexibility index (Phi) is 2.80. The number of carbonyl (C=O) groups excluding carboxylic acids is 1. The van der Waals surface area contributed by atoms with E-state index in [0.29, 0.717) is 17.3 Å². The fraction of sp³-hybridized carbons (Fsp3) is 0.231. The first kappa shape index (κ1) is 11.3. The van der Waals surface area contributed by atoms with Crippen molar-refractivity contribution >= 4 is 17.5 Å². The quantitative estimate of drug-likeness (QED) is 0.857. The molecule has 0 aliphatic carbocycles. The summed E-state index contributed by atoms with van der Waals surface area (Å²) in [7, 11) is 0. The van der Waals surface area contributed by atoms with Crippen LogP contribution in [0.25, 0.3) is 11.1 Å². The van der Waals surface area contributed by atoms with Gasteiger partial charge in [-0.05, 0) is 24.1 Å². The van der Waals surface area contributed by atoms with Crippen molar-refractivity contribution in [3.8, 4) is 11.1 Å². The fourth-order valence-corrected chi connectivity index (χ4v) is 2.56. The second-order valence-electron chi connectivity index (χ2n) is 4.24. The van der Waals surface area contributed by atoms with Gasteiger partial charge < -0.3 is 9.88 Å². The first-order valence-corrected chi connectivity index (χ1v) is 6.22. The average molecular weight is 262 g/mol. The molecule has 1 aliphatic rings. The van der Waals surface area contributed by atoms with Crippen LogP contribution in [0.1, 0.15) is 16.9 Å². The lowest BCUT2D eigenvalue weighted by atomic mass is 10.1. The van der Waals surface area contributed by atoms with Crippen molar-refractivity contribution in [3.63, 3.8) is 0 Å². The molecule has 0 bridgehead atoms. The maximum Gasteiger partial charge on any atom is 0.269 e. The highest BCUT2D eigenvalue weighted by atomic mass is 35.5. The lowest BCUT2D eigenvalue weighted by molar-refractivity contribution is 0.0951. The maximum atomic E-state index is 11.9. The number of amides is 1. The van der Waals surface area contributed by atoms with Crippen molar-refractivity contribution in [2.45, 2.75) is 13.0 Å². The van der Waals surface area contributed by atoms with Gasteiger partial charge in [-0.25, -0.2) is 0 Å². The zero-order valence-corrected chi connectivity index (χ0v) is 10.4. The van der Waals surface area contributed by atoms with Crippen molar-refractivity contribution in [2.75, 3.05) is 6.54 Å². The Bertz CT molecular complexity index is 592. The molecule has 18 heavy (non-hydrogen) atoms. The Hall–Kier alpha value is -1.81. The minimum Gasteiger partial charge on any atom is -0.351 e. The average Bonchev–Trinajstić information content (AvgIpc) is 2.60. The van der Waals surface area contributed by atoms with Crippen molar-refractivity contribution in [3.05, 3.63) is 41.4 Å². The number of halogens is 1. The van der Waals surface area contributed by atoms with Gasteiger partial charge in [0.05, 0.1) is 5.02 Å². The molecule has 4 nitrogen and oxygen atoms in total. The smallest absolute Gasteiger partial charge is 0.269 e. The molecule has 0 saturated carbocycles. The molecule has 2 aromatic rings. The number of aromatic nitrogens is 2. The Balaban J connectivity index is 2.14. The number of carbonyl (C=O) groups is 1. The predicted molar refractivity (Wildman–Crippen MR) is 69.6 cm³/mol. The third-order valence-corrected chi connectivity index (χ3v) is 3.47. The number of fused-ring (bicyclic) bond motifs is 1. The SMILES string of the molecule is O=C1NCCCn2cc(-c3ccncc3)c(Cl)c21. The number of hydrogen-bond donors (Lipinski definition) is 1. The highest BCUT2D eigenvalue weighted by Crippen LogP contribution is 2.33. The highest BCUT2D eigenvalue weighted by molar-refractivity contribution is 6.36. The molecular formula is C13H12ClN3O. The van der Waals surface area contributed by atoms with Crippen molar-refractivity contribution in [1.29, 1.82) is 0 Å². The lowest BCUT2D eigenvalue weighted by Gasteiger charge is -2.01. The van der Waals surface area contributed by atoms with E-state index in [1.165, 1.54) is 0 Å². The highest BCUT2D eigenvalue weighted by Gasteiger charge is 2.22. The molecule has 2 aromatic heterocycles. The molecule has 0 unspecified atom stereocenters. The molecule has 0 saturated heterocycles. The van der Waals surface area contributed by atoms with Gasteiger partial charge in [-0.2, -0.15) is 0 Å². The molecule has 0 aromatic carbocycles. The van der Waals surface area contributed by atoms with E-state index in [0.717, 1.165) is 24.1 Å². The van der Waals surface area contributed by atoms with E-state index in [1.807, 2.05) is 22.9 Å². The van der Waals surface area contributed by atoms with Crippen molar-refractivity contribution < 1.29 is 4.79 Å². The number of aryl methyl sites for hydroxylation is 1. The molecule has 3 heterocycles. The Morgan fingerprint density at radius 1 is 1.33 bits per heavy atom. The number of rotatable bonds is 1. The van der Waals surface area contributed by atoms with Gasteiger partial charge in [0.25, 0.3) is 5.91 Å². The second-order valence-corrected chi connectivity index (χ2v) is 4.62. The first-order chi connectivity index (χ1) is 8.77. The van der Waals surface area contributed by atoms with Gasteiger partial charge in [-0.1, -0.05) is 11.6 Å². The Morgan fingerprint density at radius 3 is 2.89 bits per heavy atom. The number of hydrogen-bond acceptors (Lipinski definition) is 2. The van der Waals surface area contributed by atoms with E-state index < -0.39 is 0 Å². The van der Waals surface area contributed by atoms with Gasteiger partial charge in [-0.15, -0.1) is 0 Å². The minimum atomic E-state index is -0.0993. The predicted octanol–water partition coefficient (Wildman–Crippen LogP) is 2.34. The summed E-state index contributed by atoms with van der Waals surface area (Å²) >= 11 is 6.34. The largest absolute Gasteiger partial charge is 0.351 e. The van der Waals surface area contributed by atoms with Crippen LogP contribution >= 0.6 is 11.6 Å². The van der Waals surface area contributed by atoms with E-state index in [4.69, 9.17) is 11.6 Å². The van der Waals surface area contributed by atoms with Gasteiger partial charge >= 0.3 is 0 Å². The van der Waals surface area contributed by atoms with Crippen LogP contribution in [0.3, 0.4) is 0 Å². The van der Waals surface area contributed by atoms with Gasteiger partial charge in [0, 0.05) is 37.2 Å².